The van der Waals surface area contributed by atoms with Crippen LogP contribution in [0.25, 0.3) is 10.6 Å². The summed E-state index contributed by atoms with van der Waals surface area (Å²) in [4.78, 5) is 26.1. The third-order valence-electron chi connectivity index (χ3n) is 4.33. The molecule has 0 unspecified atom stereocenters. The lowest BCUT2D eigenvalue weighted by molar-refractivity contribution is 0.0652. The molecule has 0 atom stereocenters. The first-order valence-corrected chi connectivity index (χ1v) is 8.73. The van der Waals surface area contributed by atoms with E-state index >= 15 is 0 Å². The maximum absolute atomic E-state index is 12.4. The first kappa shape index (κ1) is 17.4. The molecule has 1 aromatic carbocycles. The average Bonchev–Trinajstić information content (AvgIpc) is 3.04. The second kappa shape index (κ2) is 6.80. The quantitative estimate of drug-likeness (QED) is 0.696. The van der Waals surface area contributed by atoms with Crippen LogP contribution in [0.15, 0.2) is 37.4 Å². The standard InChI is InChI=1S/C19H18BrN3O2/c1-4-15-17(12(2)20)16(22(3)21-15)10-7-11-23-18(24)13-8-5-6-9-14(13)19(23)25/h4-6,8-9H,1-2,7,10-11H2,3H3. The molecule has 3 rings (SSSR count). The largest absolute Gasteiger partial charge is 0.274 e. The molecule has 25 heavy (non-hydrogen) atoms. The molecule has 1 aliphatic heterocycles. The number of hydrogen-bond donors (Lipinski definition) is 0. The minimum absolute atomic E-state index is 0.220. The highest BCUT2D eigenvalue weighted by molar-refractivity contribution is 9.15. The Morgan fingerprint density at radius 2 is 1.84 bits per heavy atom. The van der Waals surface area contributed by atoms with Gasteiger partial charge in [-0.2, -0.15) is 5.10 Å². The van der Waals surface area contributed by atoms with Gasteiger partial charge in [0, 0.05) is 29.3 Å². The van der Waals surface area contributed by atoms with Crippen molar-refractivity contribution in [3.8, 4) is 0 Å². The van der Waals surface area contributed by atoms with Gasteiger partial charge in [0.15, 0.2) is 0 Å². The van der Waals surface area contributed by atoms with Crippen molar-refractivity contribution < 1.29 is 9.59 Å². The Morgan fingerprint density at radius 3 is 2.36 bits per heavy atom. The molecule has 0 bridgehead atoms. The summed E-state index contributed by atoms with van der Waals surface area (Å²) in [7, 11) is 1.86. The van der Waals surface area contributed by atoms with Crippen LogP contribution in [0.4, 0.5) is 0 Å². The highest BCUT2D eigenvalue weighted by Gasteiger charge is 2.34. The molecule has 0 radical (unpaired) electrons. The second-order valence-electron chi connectivity index (χ2n) is 5.85. The molecule has 1 aromatic heterocycles. The fourth-order valence-electron chi connectivity index (χ4n) is 3.15. The number of benzene rings is 1. The average molecular weight is 400 g/mol. The van der Waals surface area contributed by atoms with Crippen LogP contribution in [0.5, 0.6) is 0 Å². The third-order valence-corrected chi connectivity index (χ3v) is 4.73. The monoisotopic (exact) mass is 399 g/mol. The van der Waals surface area contributed by atoms with Gasteiger partial charge in [-0.1, -0.05) is 41.2 Å². The van der Waals surface area contributed by atoms with Crippen LogP contribution in [0.1, 0.15) is 44.1 Å². The normalized spacial score (nSPS) is 13.3. The predicted octanol–water partition coefficient (Wildman–Crippen LogP) is 3.66. The van der Waals surface area contributed by atoms with Crippen LogP contribution in [0.2, 0.25) is 0 Å². The van der Waals surface area contributed by atoms with E-state index in [1.807, 2.05) is 7.05 Å². The Kier molecular flexibility index (Phi) is 4.72. The summed E-state index contributed by atoms with van der Waals surface area (Å²) in [5.74, 6) is -0.440. The van der Waals surface area contributed by atoms with Crippen LogP contribution >= 0.6 is 15.9 Å². The second-order valence-corrected chi connectivity index (χ2v) is 6.81. The summed E-state index contributed by atoms with van der Waals surface area (Å²) in [6.45, 7) is 8.09. The number of rotatable bonds is 6. The molecular formula is C19H18BrN3O2. The number of hydrogen-bond acceptors (Lipinski definition) is 3. The van der Waals surface area contributed by atoms with Crippen molar-refractivity contribution in [2.75, 3.05) is 6.54 Å². The minimum Gasteiger partial charge on any atom is -0.274 e. The number of carbonyl (C=O) groups is 2. The number of halogens is 1. The van der Waals surface area contributed by atoms with Gasteiger partial charge in [0.2, 0.25) is 0 Å². The fraction of sp³-hybridized carbons (Fsp3) is 0.211. The van der Waals surface area contributed by atoms with Gasteiger partial charge in [-0.15, -0.1) is 0 Å². The van der Waals surface area contributed by atoms with Crippen molar-refractivity contribution in [3.63, 3.8) is 0 Å². The predicted molar refractivity (Wildman–Crippen MR) is 101 cm³/mol. The zero-order chi connectivity index (χ0) is 18.1. The molecule has 5 nitrogen and oxygen atoms in total. The first-order valence-electron chi connectivity index (χ1n) is 7.94. The number of amides is 2. The number of carbonyl (C=O) groups excluding carboxylic acids is 2. The number of aromatic nitrogens is 2. The van der Waals surface area contributed by atoms with Gasteiger partial charge in [-0.05, 0) is 31.1 Å². The summed E-state index contributed by atoms with van der Waals surface area (Å²) < 4.78 is 2.53. The number of aryl methyl sites for hydroxylation is 1. The molecule has 2 heterocycles. The highest BCUT2D eigenvalue weighted by atomic mass is 79.9. The van der Waals surface area contributed by atoms with E-state index in [2.05, 4.69) is 34.2 Å². The Bertz CT molecular complexity index is 863. The molecule has 0 aliphatic carbocycles. The highest BCUT2D eigenvalue weighted by Crippen LogP contribution is 2.28. The van der Waals surface area contributed by atoms with Gasteiger partial charge in [0.1, 0.15) is 0 Å². The molecule has 2 aromatic rings. The van der Waals surface area contributed by atoms with E-state index in [0.717, 1.165) is 21.4 Å². The number of imide groups is 1. The molecule has 0 spiro atoms. The Labute approximate surface area is 154 Å². The molecule has 0 fully saturated rings. The van der Waals surface area contributed by atoms with Gasteiger partial charge in [0.05, 0.1) is 16.8 Å². The Hall–Kier alpha value is -2.47. The van der Waals surface area contributed by atoms with Crippen molar-refractivity contribution in [1.82, 2.24) is 14.7 Å². The van der Waals surface area contributed by atoms with Crippen molar-refractivity contribution >= 4 is 38.3 Å². The van der Waals surface area contributed by atoms with Crippen molar-refractivity contribution in [2.45, 2.75) is 12.8 Å². The zero-order valence-electron chi connectivity index (χ0n) is 14.0. The van der Waals surface area contributed by atoms with Crippen LogP contribution < -0.4 is 0 Å². The van der Waals surface area contributed by atoms with E-state index in [1.165, 1.54) is 4.90 Å². The lowest BCUT2D eigenvalue weighted by atomic mass is 10.1. The van der Waals surface area contributed by atoms with E-state index in [0.29, 0.717) is 30.5 Å². The van der Waals surface area contributed by atoms with E-state index in [4.69, 9.17) is 0 Å². The third kappa shape index (κ3) is 2.98. The summed E-state index contributed by atoms with van der Waals surface area (Å²) >= 11 is 3.42. The van der Waals surface area contributed by atoms with Crippen molar-refractivity contribution in [2.24, 2.45) is 7.05 Å². The first-order chi connectivity index (χ1) is 12.0. The van der Waals surface area contributed by atoms with Crippen LogP contribution in [-0.4, -0.2) is 33.0 Å². The van der Waals surface area contributed by atoms with Crippen molar-refractivity contribution in [1.29, 1.82) is 0 Å². The Morgan fingerprint density at radius 1 is 1.24 bits per heavy atom. The zero-order valence-corrected chi connectivity index (χ0v) is 15.5. The van der Waals surface area contributed by atoms with E-state index in [1.54, 1.807) is 35.0 Å². The molecule has 6 heteroatoms. The molecule has 0 N–H and O–H groups in total. The molecule has 0 saturated heterocycles. The Balaban J connectivity index is 1.74. The lowest BCUT2D eigenvalue weighted by Crippen LogP contribution is -2.31. The van der Waals surface area contributed by atoms with Gasteiger partial charge in [-0.25, -0.2) is 0 Å². The van der Waals surface area contributed by atoms with E-state index in [-0.39, 0.29) is 11.8 Å². The summed E-state index contributed by atoms with van der Waals surface area (Å²) in [6.07, 6.45) is 3.01. The van der Waals surface area contributed by atoms with Crippen LogP contribution in [0.3, 0.4) is 0 Å². The SMILES string of the molecule is C=Cc1nn(C)c(CCCN2C(=O)c3ccccc3C2=O)c1C(=C)Br. The summed E-state index contributed by atoms with van der Waals surface area (Å²) in [5.41, 5.74) is 3.64. The maximum Gasteiger partial charge on any atom is 0.261 e. The summed E-state index contributed by atoms with van der Waals surface area (Å²) in [6, 6.07) is 6.93. The molecular weight excluding hydrogens is 382 g/mol. The van der Waals surface area contributed by atoms with Gasteiger partial charge in [-0.3, -0.25) is 19.2 Å². The molecule has 2 amide bonds. The van der Waals surface area contributed by atoms with E-state index in [9.17, 15) is 9.59 Å². The number of fused-ring (bicyclic) bond motifs is 1. The molecule has 128 valence electrons. The van der Waals surface area contributed by atoms with E-state index < -0.39 is 0 Å². The lowest BCUT2D eigenvalue weighted by Gasteiger charge is -2.14. The molecule has 1 aliphatic rings. The van der Waals surface area contributed by atoms with Gasteiger partial charge in [0.25, 0.3) is 11.8 Å². The van der Waals surface area contributed by atoms with Crippen molar-refractivity contribution in [3.05, 3.63) is 65.5 Å². The summed E-state index contributed by atoms with van der Waals surface area (Å²) in [5, 5.41) is 4.42. The topological polar surface area (TPSA) is 55.2 Å². The van der Waals surface area contributed by atoms with Gasteiger partial charge >= 0.3 is 0 Å². The number of nitrogens with zero attached hydrogens (tertiary/aromatic N) is 3. The van der Waals surface area contributed by atoms with Crippen LogP contribution in [0, 0.1) is 0 Å². The maximum atomic E-state index is 12.4. The fourth-order valence-corrected chi connectivity index (χ4v) is 3.59. The van der Waals surface area contributed by atoms with Crippen LogP contribution in [-0.2, 0) is 13.5 Å². The molecule has 0 saturated carbocycles. The van der Waals surface area contributed by atoms with Gasteiger partial charge < -0.3 is 0 Å². The smallest absolute Gasteiger partial charge is 0.261 e. The minimum atomic E-state index is -0.220.